The van der Waals surface area contributed by atoms with Crippen molar-refractivity contribution in [1.29, 1.82) is 0 Å². The molecular formula is C8H8F3NO. The lowest BCUT2D eigenvalue weighted by Gasteiger charge is -2.09. The molecule has 0 saturated carbocycles. The van der Waals surface area contributed by atoms with E-state index in [9.17, 15) is 13.2 Å². The van der Waals surface area contributed by atoms with Crippen LogP contribution in [0.1, 0.15) is 17.7 Å². The molecule has 0 fully saturated rings. The zero-order valence-corrected chi connectivity index (χ0v) is 7.14. The van der Waals surface area contributed by atoms with Crippen LogP contribution in [0.25, 0.3) is 0 Å². The van der Waals surface area contributed by atoms with Gasteiger partial charge in [-0.25, -0.2) is 18.2 Å². The Balaban J connectivity index is 3.30. The number of aromatic nitrogens is 1. The Morgan fingerprint density at radius 2 is 2.08 bits per heavy atom. The van der Waals surface area contributed by atoms with Crippen LogP contribution >= 0.6 is 0 Å². The predicted molar refractivity (Wildman–Crippen MR) is 40.4 cm³/mol. The first-order chi connectivity index (χ1) is 6.07. The molecule has 1 rings (SSSR count). The molecule has 72 valence electrons. The molecule has 13 heavy (non-hydrogen) atoms. The van der Waals surface area contributed by atoms with Gasteiger partial charge in [0.15, 0.2) is 5.75 Å². The maximum atomic E-state index is 12.8. The number of pyridine rings is 1. The van der Waals surface area contributed by atoms with Crippen LogP contribution < -0.4 is 4.74 Å². The van der Waals surface area contributed by atoms with Crippen LogP contribution in [0, 0.1) is 12.7 Å². The normalized spacial score (nSPS) is 10.6. The van der Waals surface area contributed by atoms with E-state index in [0.29, 0.717) is 0 Å². The third-order valence-corrected chi connectivity index (χ3v) is 1.66. The number of alkyl halides is 2. The fourth-order valence-corrected chi connectivity index (χ4v) is 0.995. The SMILES string of the molecule is COc1c(C(F)F)ncc(F)c1C. The van der Waals surface area contributed by atoms with E-state index < -0.39 is 17.9 Å². The van der Waals surface area contributed by atoms with E-state index >= 15 is 0 Å². The molecule has 0 amide bonds. The van der Waals surface area contributed by atoms with Gasteiger partial charge in [-0.05, 0) is 6.92 Å². The van der Waals surface area contributed by atoms with Crippen LogP contribution in [0.5, 0.6) is 5.75 Å². The number of rotatable bonds is 2. The van der Waals surface area contributed by atoms with E-state index in [1.54, 1.807) is 0 Å². The number of ether oxygens (including phenoxy) is 1. The minimum absolute atomic E-state index is 0.0489. The van der Waals surface area contributed by atoms with Gasteiger partial charge in [-0.15, -0.1) is 0 Å². The largest absolute Gasteiger partial charge is 0.494 e. The maximum Gasteiger partial charge on any atom is 0.284 e. The Hall–Kier alpha value is -1.26. The van der Waals surface area contributed by atoms with Crippen molar-refractivity contribution < 1.29 is 17.9 Å². The highest BCUT2D eigenvalue weighted by molar-refractivity contribution is 5.37. The lowest BCUT2D eigenvalue weighted by molar-refractivity contribution is 0.141. The maximum absolute atomic E-state index is 12.8. The zero-order valence-electron chi connectivity index (χ0n) is 7.14. The van der Waals surface area contributed by atoms with Crippen molar-refractivity contribution >= 4 is 0 Å². The van der Waals surface area contributed by atoms with Gasteiger partial charge in [-0.2, -0.15) is 0 Å². The minimum Gasteiger partial charge on any atom is -0.494 e. The fraction of sp³-hybridized carbons (Fsp3) is 0.375. The van der Waals surface area contributed by atoms with Crippen LogP contribution in [-0.2, 0) is 0 Å². The molecule has 1 aromatic heterocycles. The molecule has 5 heteroatoms. The van der Waals surface area contributed by atoms with Crippen molar-refractivity contribution in [2.24, 2.45) is 0 Å². The lowest BCUT2D eigenvalue weighted by atomic mass is 10.2. The monoisotopic (exact) mass is 191 g/mol. The summed E-state index contributed by atoms with van der Waals surface area (Å²) in [5, 5.41) is 0. The molecule has 2 nitrogen and oxygen atoms in total. The minimum atomic E-state index is -2.76. The molecule has 0 spiro atoms. The summed E-state index contributed by atoms with van der Waals surface area (Å²) in [6, 6.07) is 0. The van der Waals surface area contributed by atoms with E-state index in [1.165, 1.54) is 14.0 Å². The third-order valence-electron chi connectivity index (χ3n) is 1.66. The molecule has 0 aromatic carbocycles. The summed E-state index contributed by atoms with van der Waals surface area (Å²) in [5.74, 6) is -0.837. The van der Waals surface area contributed by atoms with Crippen LogP contribution in [-0.4, -0.2) is 12.1 Å². The van der Waals surface area contributed by atoms with Gasteiger partial charge in [0.1, 0.15) is 11.5 Å². The zero-order chi connectivity index (χ0) is 10.0. The number of hydrogen-bond acceptors (Lipinski definition) is 2. The number of nitrogens with zero attached hydrogens (tertiary/aromatic N) is 1. The summed E-state index contributed by atoms with van der Waals surface area (Å²) in [6.45, 7) is 1.36. The van der Waals surface area contributed by atoms with Gasteiger partial charge >= 0.3 is 0 Å². The topological polar surface area (TPSA) is 22.1 Å². The Labute approximate surface area is 73.4 Å². The van der Waals surface area contributed by atoms with Crippen molar-refractivity contribution in [3.63, 3.8) is 0 Å². The quantitative estimate of drug-likeness (QED) is 0.716. The van der Waals surface area contributed by atoms with E-state index in [-0.39, 0.29) is 11.3 Å². The van der Waals surface area contributed by atoms with Crippen LogP contribution in [0.3, 0.4) is 0 Å². The van der Waals surface area contributed by atoms with E-state index in [1.807, 2.05) is 0 Å². The van der Waals surface area contributed by atoms with Crippen molar-refractivity contribution in [2.75, 3.05) is 7.11 Å². The molecule has 1 aromatic rings. The Morgan fingerprint density at radius 1 is 1.46 bits per heavy atom. The Bertz CT molecular complexity index is 315. The number of methoxy groups -OCH3 is 1. The molecule has 0 unspecified atom stereocenters. The van der Waals surface area contributed by atoms with E-state index in [0.717, 1.165) is 6.20 Å². The van der Waals surface area contributed by atoms with Crippen molar-refractivity contribution in [3.05, 3.63) is 23.3 Å². The predicted octanol–water partition coefficient (Wildman–Crippen LogP) is 2.48. The second kappa shape index (κ2) is 3.64. The van der Waals surface area contributed by atoms with Crippen LogP contribution in [0.4, 0.5) is 13.2 Å². The summed E-state index contributed by atoms with van der Waals surface area (Å²) in [4.78, 5) is 3.26. The van der Waals surface area contributed by atoms with Crippen molar-refractivity contribution in [3.8, 4) is 5.75 Å². The average Bonchev–Trinajstić information content (AvgIpc) is 2.09. The standard InChI is InChI=1S/C8H8F3NO/c1-4-5(9)3-12-6(8(10)11)7(4)13-2/h3,8H,1-2H3. The summed E-state index contributed by atoms with van der Waals surface area (Å²) >= 11 is 0. The summed E-state index contributed by atoms with van der Waals surface area (Å²) < 4.78 is 42.0. The molecular weight excluding hydrogens is 183 g/mol. The summed E-state index contributed by atoms with van der Waals surface area (Å²) in [7, 11) is 1.20. The molecule has 1 heterocycles. The number of halogens is 3. The molecule has 0 bridgehead atoms. The van der Waals surface area contributed by atoms with Gasteiger partial charge in [0.25, 0.3) is 6.43 Å². The van der Waals surface area contributed by atoms with Gasteiger partial charge < -0.3 is 4.74 Å². The highest BCUT2D eigenvalue weighted by atomic mass is 19.3. The third kappa shape index (κ3) is 1.74. The second-order valence-electron chi connectivity index (χ2n) is 2.45. The van der Waals surface area contributed by atoms with Crippen molar-refractivity contribution in [1.82, 2.24) is 4.98 Å². The molecule has 0 atom stereocenters. The molecule has 0 aliphatic rings. The van der Waals surface area contributed by atoms with Gasteiger partial charge in [0.2, 0.25) is 0 Å². The van der Waals surface area contributed by atoms with Gasteiger partial charge in [-0.1, -0.05) is 0 Å². The van der Waals surface area contributed by atoms with Crippen LogP contribution in [0.15, 0.2) is 6.20 Å². The van der Waals surface area contributed by atoms with E-state index in [2.05, 4.69) is 9.72 Å². The number of hydrogen-bond donors (Lipinski definition) is 0. The van der Waals surface area contributed by atoms with E-state index in [4.69, 9.17) is 0 Å². The first kappa shape index (κ1) is 9.83. The molecule has 0 radical (unpaired) electrons. The Kier molecular flexibility index (Phi) is 2.75. The van der Waals surface area contributed by atoms with Gasteiger partial charge in [-0.3, -0.25) is 0 Å². The first-order valence-electron chi connectivity index (χ1n) is 3.55. The van der Waals surface area contributed by atoms with Crippen molar-refractivity contribution in [2.45, 2.75) is 13.3 Å². The lowest BCUT2D eigenvalue weighted by Crippen LogP contribution is -2.00. The summed E-state index contributed by atoms with van der Waals surface area (Å²) in [5.41, 5.74) is -0.478. The molecule has 0 saturated heterocycles. The van der Waals surface area contributed by atoms with Crippen LogP contribution in [0.2, 0.25) is 0 Å². The molecule has 0 N–H and O–H groups in total. The fourth-order valence-electron chi connectivity index (χ4n) is 0.995. The molecule has 0 aliphatic heterocycles. The second-order valence-corrected chi connectivity index (χ2v) is 2.45. The molecule has 0 aliphatic carbocycles. The smallest absolute Gasteiger partial charge is 0.284 e. The average molecular weight is 191 g/mol. The summed E-state index contributed by atoms with van der Waals surface area (Å²) in [6.07, 6.45) is -1.99. The highest BCUT2D eigenvalue weighted by Crippen LogP contribution is 2.30. The first-order valence-corrected chi connectivity index (χ1v) is 3.55. The van der Waals surface area contributed by atoms with Gasteiger partial charge in [0, 0.05) is 5.56 Å². The highest BCUT2D eigenvalue weighted by Gasteiger charge is 2.19. The van der Waals surface area contributed by atoms with Gasteiger partial charge in [0.05, 0.1) is 13.3 Å². The Morgan fingerprint density at radius 3 is 2.54 bits per heavy atom.